The van der Waals surface area contributed by atoms with E-state index in [0.717, 1.165) is 11.1 Å². The van der Waals surface area contributed by atoms with Crippen LogP contribution in [0.2, 0.25) is 0 Å². The van der Waals surface area contributed by atoms with Gasteiger partial charge in [0.25, 0.3) is 11.8 Å². The topological polar surface area (TPSA) is 89.8 Å². The molecule has 1 aliphatic heterocycles. The highest BCUT2D eigenvalue weighted by molar-refractivity contribution is 6.36. The summed E-state index contributed by atoms with van der Waals surface area (Å²) in [6, 6.07) is 20.0. The number of rotatable bonds is 4. The Morgan fingerprint density at radius 2 is 1.55 bits per heavy atom. The number of nitro benzene ring substituents is 1. The summed E-state index contributed by atoms with van der Waals surface area (Å²) in [5.74, 6) is -0.441. The van der Waals surface area contributed by atoms with Gasteiger partial charge in [0.05, 0.1) is 10.6 Å². The van der Waals surface area contributed by atoms with Crippen LogP contribution in [0.5, 0.6) is 11.5 Å². The number of amides is 2. The maximum atomic E-state index is 13.5. The summed E-state index contributed by atoms with van der Waals surface area (Å²) < 4.78 is 5.90. The molecule has 0 spiro atoms. The second-order valence-electron chi connectivity index (χ2n) is 7.90. The zero-order valence-corrected chi connectivity index (χ0v) is 17.9. The maximum Gasteiger partial charge on any atom is 0.311 e. The lowest BCUT2D eigenvalue weighted by atomic mass is 9.92. The molecule has 0 N–H and O–H groups in total. The molecule has 4 aromatic rings. The van der Waals surface area contributed by atoms with Gasteiger partial charge in [0.15, 0.2) is 0 Å². The van der Waals surface area contributed by atoms with Crippen LogP contribution in [0.1, 0.15) is 31.8 Å². The number of hydrogen-bond donors (Lipinski definition) is 0. The summed E-state index contributed by atoms with van der Waals surface area (Å²) in [5.41, 5.74) is 2.87. The Labute approximate surface area is 189 Å². The van der Waals surface area contributed by atoms with Gasteiger partial charge in [0, 0.05) is 28.0 Å². The van der Waals surface area contributed by atoms with E-state index in [1.165, 1.54) is 17.0 Å². The largest absolute Gasteiger partial charge is 0.449 e. The molecule has 2 amide bonds. The molecule has 0 aliphatic carbocycles. The van der Waals surface area contributed by atoms with Crippen LogP contribution in [0.3, 0.4) is 0 Å². The first-order valence-corrected chi connectivity index (χ1v) is 10.3. The normalized spacial score (nSPS) is 12.8. The molecule has 1 aliphatic rings. The number of anilines is 1. The summed E-state index contributed by atoms with van der Waals surface area (Å²) in [4.78, 5) is 39.0. The second-order valence-corrected chi connectivity index (χ2v) is 7.90. The van der Waals surface area contributed by atoms with Crippen LogP contribution in [0.25, 0.3) is 10.8 Å². The minimum atomic E-state index is -0.518. The van der Waals surface area contributed by atoms with E-state index in [1.54, 1.807) is 42.5 Å². The lowest BCUT2D eigenvalue weighted by Crippen LogP contribution is -2.40. The Balaban J connectivity index is 1.67. The highest BCUT2D eigenvalue weighted by Gasteiger charge is 2.35. The average molecular weight is 438 g/mol. The number of nitro groups is 1. The number of aryl methyl sites for hydroxylation is 2. The number of carbonyl (C=O) groups excluding carboxylic acids is 2. The van der Waals surface area contributed by atoms with Gasteiger partial charge in [-0.25, -0.2) is 4.90 Å². The molecular weight excluding hydrogens is 420 g/mol. The summed E-state index contributed by atoms with van der Waals surface area (Å²) >= 11 is 0. The number of imide groups is 1. The van der Waals surface area contributed by atoms with Crippen molar-refractivity contribution >= 4 is 34.0 Å². The summed E-state index contributed by atoms with van der Waals surface area (Å²) in [6.45, 7) is 3.76. The molecule has 0 radical (unpaired) electrons. The smallest absolute Gasteiger partial charge is 0.311 e. The van der Waals surface area contributed by atoms with Crippen molar-refractivity contribution < 1.29 is 19.2 Å². The average Bonchev–Trinajstić information content (AvgIpc) is 2.80. The first-order valence-electron chi connectivity index (χ1n) is 10.3. The van der Waals surface area contributed by atoms with Crippen LogP contribution in [-0.2, 0) is 0 Å². The molecule has 7 heteroatoms. The maximum absolute atomic E-state index is 13.5. The number of hydrogen-bond acceptors (Lipinski definition) is 5. The molecular formula is C26H18N2O5. The minimum Gasteiger partial charge on any atom is -0.449 e. The molecule has 0 saturated carbocycles. The van der Waals surface area contributed by atoms with E-state index in [4.69, 9.17) is 4.74 Å². The standard InChI is InChI=1S/C26H18N2O5/c1-15-10-11-16(2)21(14-15)27-25(29)18-7-5-6-17-22(13-12-19(24(17)18)26(27)30)33-23-9-4-3-8-20(23)28(31)32/h3-14H,1-2H3. The molecule has 0 saturated heterocycles. The number of benzene rings is 4. The van der Waals surface area contributed by atoms with Gasteiger partial charge in [0.1, 0.15) is 5.75 Å². The fourth-order valence-electron chi connectivity index (χ4n) is 4.15. The Kier molecular flexibility index (Phi) is 4.67. The molecule has 33 heavy (non-hydrogen) atoms. The summed E-state index contributed by atoms with van der Waals surface area (Å²) in [6.07, 6.45) is 0. The van der Waals surface area contributed by atoms with Gasteiger partial charge in [0.2, 0.25) is 5.75 Å². The SMILES string of the molecule is Cc1ccc(C)c(N2C(=O)c3cccc4c(Oc5ccccc5[N+](=O)[O-])ccc(c34)C2=O)c1. The molecule has 1 heterocycles. The lowest BCUT2D eigenvalue weighted by Gasteiger charge is -2.29. The van der Waals surface area contributed by atoms with Crippen molar-refractivity contribution in [2.24, 2.45) is 0 Å². The van der Waals surface area contributed by atoms with Crippen molar-refractivity contribution in [2.45, 2.75) is 13.8 Å². The van der Waals surface area contributed by atoms with E-state index in [-0.39, 0.29) is 11.4 Å². The Morgan fingerprint density at radius 1 is 0.818 bits per heavy atom. The first kappa shape index (κ1) is 20.4. The monoisotopic (exact) mass is 438 g/mol. The van der Waals surface area contributed by atoms with Crippen LogP contribution < -0.4 is 9.64 Å². The van der Waals surface area contributed by atoms with Gasteiger partial charge in [-0.2, -0.15) is 0 Å². The van der Waals surface area contributed by atoms with Gasteiger partial charge in [-0.15, -0.1) is 0 Å². The molecule has 0 unspecified atom stereocenters. The van der Waals surface area contributed by atoms with E-state index in [9.17, 15) is 19.7 Å². The quantitative estimate of drug-likeness (QED) is 0.223. The molecule has 7 nitrogen and oxygen atoms in total. The summed E-state index contributed by atoms with van der Waals surface area (Å²) in [7, 11) is 0. The predicted molar refractivity (Wildman–Crippen MR) is 124 cm³/mol. The van der Waals surface area contributed by atoms with E-state index >= 15 is 0 Å². The molecule has 0 bridgehead atoms. The van der Waals surface area contributed by atoms with Gasteiger partial charge in [-0.1, -0.05) is 36.4 Å². The van der Waals surface area contributed by atoms with Crippen molar-refractivity contribution in [1.29, 1.82) is 0 Å². The zero-order chi connectivity index (χ0) is 23.3. The van der Waals surface area contributed by atoms with E-state index in [2.05, 4.69) is 0 Å². The van der Waals surface area contributed by atoms with E-state index < -0.39 is 16.7 Å². The number of para-hydroxylation sites is 2. The molecule has 0 aromatic heterocycles. The Hall–Kier alpha value is -4.52. The fourth-order valence-corrected chi connectivity index (χ4v) is 4.15. The van der Waals surface area contributed by atoms with Crippen LogP contribution in [0.15, 0.2) is 72.8 Å². The molecule has 0 atom stereocenters. The molecule has 5 rings (SSSR count). The molecule has 0 fully saturated rings. The number of ether oxygens (including phenoxy) is 1. The lowest BCUT2D eigenvalue weighted by molar-refractivity contribution is -0.385. The molecule has 162 valence electrons. The van der Waals surface area contributed by atoms with Gasteiger partial charge < -0.3 is 4.74 Å². The van der Waals surface area contributed by atoms with Gasteiger partial charge >= 0.3 is 5.69 Å². The van der Waals surface area contributed by atoms with Crippen LogP contribution in [-0.4, -0.2) is 16.7 Å². The third-order valence-electron chi connectivity index (χ3n) is 5.76. The third-order valence-corrected chi connectivity index (χ3v) is 5.76. The van der Waals surface area contributed by atoms with Crippen molar-refractivity contribution in [3.8, 4) is 11.5 Å². The molecule has 4 aromatic carbocycles. The number of carbonyl (C=O) groups is 2. The van der Waals surface area contributed by atoms with Crippen LogP contribution >= 0.6 is 0 Å². The zero-order valence-electron chi connectivity index (χ0n) is 17.9. The van der Waals surface area contributed by atoms with Crippen molar-refractivity contribution in [2.75, 3.05) is 4.90 Å². The first-order chi connectivity index (χ1) is 15.9. The second kappa shape index (κ2) is 7.56. The predicted octanol–water partition coefficient (Wildman–Crippen LogP) is 5.96. The van der Waals surface area contributed by atoms with Crippen molar-refractivity contribution in [3.05, 3.63) is 105 Å². The fraction of sp³-hybridized carbons (Fsp3) is 0.0769. The van der Waals surface area contributed by atoms with Gasteiger partial charge in [-0.3, -0.25) is 19.7 Å². The summed E-state index contributed by atoms with van der Waals surface area (Å²) in [5, 5.41) is 12.4. The van der Waals surface area contributed by atoms with Gasteiger partial charge in [-0.05, 0) is 55.3 Å². The van der Waals surface area contributed by atoms with E-state index in [0.29, 0.717) is 33.3 Å². The van der Waals surface area contributed by atoms with Crippen LogP contribution in [0.4, 0.5) is 11.4 Å². The highest BCUT2D eigenvalue weighted by Crippen LogP contribution is 2.40. The Bertz CT molecular complexity index is 1470. The van der Waals surface area contributed by atoms with Crippen molar-refractivity contribution in [1.82, 2.24) is 0 Å². The van der Waals surface area contributed by atoms with Crippen molar-refractivity contribution in [3.63, 3.8) is 0 Å². The third kappa shape index (κ3) is 3.22. The minimum absolute atomic E-state index is 0.0775. The van der Waals surface area contributed by atoms with E-state index in [1.807, 2.05) is 32.0 Å². The number of nitrogens with zero attached hydrogens (tertiary/aromatic N) is 2. The van der Waals surface area contributed by atoms with Crippen LogP contribution in [0, 0.1) is 24.0 Å². The highest BCUT2D eigenvalue weighted by atomic mass is 16.6. The Morgan fingerprint density at radius 3 is 2.30 bits per heavy atom.